The maximum atomic E-state index is 12.4. The van der Waals surface area contributed by atoms with Crippen molar-refractivity contribution in [3.05, 3.63) is 12.2 Å². The van der Waals surface area contributed by atoms with Gasteiger partial charge in [-0.05, 0) is 57.3 Å². The van der Waals surface area contributed by atoms with E-state index in [0.29, 0.717) is 12.8 Å². The number of allylic oxidation sites excluding steroid dienone is 2. The molecule has 8 nitrogen and oxygen atoms in total. The quantitative estimate of drug-likeness (QED) is 0.0780. The van der Waals surface area contributed by atoms with Gasteiger partial charge in [0.25, 0.3) is 0 Å². The molecule has 4 unspecified atom stereocenters. The number of hydrogen-bond donors (Lipinski definition) is 7. The molecule has 0 aliphatic rings. The van der Waals surface area contributed by atoms with E-state index in [-0.39, 0.29) is 19.3 Å². The molecule has 35 heavy (non-hydrogen) atoms. The topological polar surface area (TPSA) is 159 Å². The first-order chi connectivity index (χ1) is 16.8. The molecule has 0 bridgehead atoms. The molecule has 0 aromatic rings. The Hall–Kier alpha value is -1.03. The van der Waals surface area contributed by atoms with Crippen molar-refractivity contribution in [1.29, 1.82) is 0 Å². The molecular weight excluding hydrogens is 452 g/mol. The summed E-state index contributed by atoms with van der Waals surface area (Å²) in [4.78, 5) is 12.4. The number of carbonyl (C=O) groups is 1. The summed E-state index contributed by atoms with van der Waals surface area (Å²) in [6, 6.07) is 0. The fourth-order valence-corrected chi connectivity index (χ4v) is 4.87. The van der Waals surface area contributed by atoms with Gasteiger partial charge in [0.1, 0.15) is 0 Å². The predicted molar refractivity (Wildman–Crippen MR) is 137 cm³/mol. The Labute approximate surface area is 211 Å². The SMILES string of the molecule is CCCCCCCCC=CCCCCCC(CC(O)CO)C(CC(O)CO)(CC(O)CO)C(=O)O. The molecular formula is C27H52O8. The van der Waals surface area contributed by atoms with Gasteiger partial charge in [-0.25, -0.2) is 0 Å². The smallest absolute Gasteiger partial charge is 0.310 e. The van der Waals surface area contributed by atoms with Crippen LogP contribution in [0.1, 0.15) is 103 Å². The van der Waals surface area contributed by atoms with Crippen molar-refractivity contribution in [3.8, 4) is 0 Å². The van der Waals surface area contributed by atoms with Crippen molar-refractivity contribution in [2.24, 2.45) is 11.3 Å². The fourth-order valence-electron chi connectivity index (χ4n) is 4.87. The lowest BCUT2D eigenvalue weighted by atomic mass is 9.64. The molecule has 7 N–H and O–H groups in total. The van der Waals surface area contributed by atoms with Crippen LogP contribution in [-0.2, 0) is 4.79 Å². The second-order valence-electron chi connectivity index (χ2n) is 9.98. The molecule has 0 saturated carbocycles. The minimum absolute atomic E-state index is 0.0166. The highest BCUT2D eigenvalue weighted by atomic mass is 16.4. The molecule has 8 heteroatoms. The lowest BCUT2D eigenvalue weighted by Crippen LogP contribution is -2.46. The van der Waals surface area contributed by atoms with Crippen molar-refractivity contribution in [2.45, 2.75) is 122 Å². The zero-order valence-electron chi connectivity index (χ0n) is 21.7. The Morgan fingerprint density at radius 2 is 1.17 bits per heavy atom. The third-order valence-electron chi connectivity index (χ3n) is 6.91. The van der Waals surface area contributed by atoms with Gasteiger partial charge in [-0.1, -0.05) is 64.0 Å². The minimum Gasteiger partial charge on any atom is -0.481 e. The van der Waals surface area contributed by atoms with E-state index < -0.39 is 55.4 Å². The van der Waals surface area contributed by atoms with Gasteiger partial charge in [-0.15, -0.1) is 0 Å². The van der Waals surface area contributed by atoms with Crippen LogP contribution < -0.4 is 0 Å². The van der Waals surface area contributed by atoms with E-state index in [0.717, 1.165) is 25.7 Å². The van der Waals surface area contributed by atoms with Crippen molar-refractivity contribution in [1.82, 2.24) is 0 Å². The maximum Gasteiger partial charge on any atom is 0.310 e. The molecule has 0 fully saturated rings. The zero-order valence-corrected chi connectivity index (χ0v) is 21.7. The molecule has 0 amide bonds. The number of hydrogen-bond acceptors (Lipinski definition) is 7. The van der Waals surface area contributed by atoms with Crippen LogP contribution in [0.5, 0.6) is 0 Å². The van der Waals surface area contributed by atoms with Crippen LogP contribution in [0.3, 0.4) is 0 Å². The highest BCUT2D eigenvalue weighted by Crippen LogP contribution is 2.43. The fraction of sp³-hybridized carbons (Fsp3) is 0.889. The largest absolute Gasteiger partial charge is 0.481 e. The summed E-state index contributed by atoms with van der Waals surface area (Å²) in [7, 11) is 0. The number of aliphatic hydroxyl groups is 6. The van der Waals surface area contributed by atoms with Gasteiger partial charge in [0.15, 0.2) is 0 Å². The van der Waals surface area contributed by atoms with Gasteiger partial charge in [-0.3, -0.25) is 4.79 Å². The lowest BCUT2D eigenvalue weighted by molar-refractivity contribution is -0.161. The molecule has 0 aliphatic heterocycles. The number of unbranched alkanes of at least 4 members (excludes halogenated alkanes) is 9. The lowest BCUT2D eigenvalue weighted by Gasteiger charge is -2.40. The summed E-state index contributed by atoms with van der Waals surface area (Å²) >= 11 is 0. The summed E-state index contributed by atoms with van der Waals surface area (Å²) in [6.45, 7) is 0.420. The first-order valence-corrected chi connectivity index (χ1v) is 13.5. The van der Waals surface area contributed by atoms with Gasteiger partial charge in [-0.2, -0.15) is 0 Å². The van der Waals surface area contributed by atoms with Gasteiger partial charge in [0.2, 0.25) is 0 Å². The van der Waals surface area contributed by atoms with E-state index >= 15 is 0 Å². The number of carboxylic acid groups (broad SMARTS) is 1. The second-order valence-corrected chi connectivity index (χ2v) is 9.98. The van der Waals surface area contributed by atoms with Crippen LogP contribution >= 0.6 is 0 Å². The van der Waals surface area contributed by atoms with Crippen LogP contribution in [0, 0.1) is 11.3 Å². The Morgan fingerprint density at radius 3 is 1.63 bits per heavy atom. The van der Waals surface area contributed by atoms with E-state index in [1.165, 1.54) is 38.5 Å². The highest BCUT2D eigenvalue weighted by Gasteiger charge is 2.48. The van der Waals surface area contributed by atoms with Gasteiger partial charge < -0.3 is 35.7 Å². The third-order valence-corrected chi connectivity index (χ3v) is 6.91. The molecule has 4 atom stereocenters. The third kappa shape index (κ3) is 15.0. The Balaban J connectivity index is 4.91. The first-order valence-electron chi connectivity index (χ1n) is 13.5. The predicted octanol–water partition coefficient (Wildman–Crippen LogP) is 3.16. The Kier molecular flexibility index (Phi) is 20.5. The minimum atomic E-state index is -1.66. The van der Waals surface area contributed by atoms with Gasteiger partial charge in [0.05, 0.1) is 43.5 Å². The van der Waals surface area contributed by atoms with Crippen LogP contribution in [-0.4, -0.2) is 79.8 Å². The van der Waals surface area contributed by atoms with Crippen molar-refractivity contribution in [3.63, 3.8) is 0 Å². The van der Waals surface area contributed by atoms with Crippen LogP contribution in [0.15, 0.2) is 12.2 Å². The van der Waals surface area contributed by atoms with Crippen molar-refractivity contribution in [2.75, 3.05) is 19.8 Å². The first kappa shape index (κ1) is 34.0. The molecule has 0 aromatic heterocycles. The van der Waals surface area contributed by atoms with Gasteiger partial charge >= 0.3 is 5.97 Å². The van der Waals surface area contributed by atoms with Crippen molar-refractivity contribution < 1.29 is 40.5 Å². The summed E-state index contributed by atoms with van der Waals surface area (Å²) < 4.78 is 0. The second kappa shape index (κ2) is 21.1. The van der Waals surface area contributed by atoms with E-state index in [9.17, 15) is 40.5 Å². The average molecular weight is 505 g/mol. The molecule has 0 radical (unpaired) electrons. The normalized spacial score (nSPS) is 17.2. The zero-order chi connectivity index (χ0) is 26.5. The summed E-state index contributed by atoms with van der Waals surface area (Å²) in [6.07, 6.45) is 12.6. The molecule has 0 aromatic carbocycles. The molecule has 208 valence electrons. The Bertz CT molecular complexity index is 527. The van der Waals surface area contributed by atoms with Crippen molar-refractivity contribution >= 4 is 5.97 Å². The number of aliphatic hydroxyl groups excluding tert-OH is 6. The van der Waals surface area contributed by atoms with E-state index in [1.807, 2.05) is 0 Å². The molecule has 0 aliphatic carbocycles. The van der Waals surface area contributed by atoms with Crippen LogP contribution in [0.4, 0.5) is 0 Å². The van der Waals surface area contributed by atoms with Crippen LogP contribution in [0.25, 0.3) is 0 Å². The molecule has 0 spiro atoms. The standard InChI is InChI=1S/C27H52O8/c1-2-3-4-5-6-7-8-9-10-11-12-13-14-15-22(16-23(31)19-28)27(26(34)35,17-24(32)20-29)18-25(33)21-30/h9-10,22-25,28-33H,2-8,11-21H2,1H3,(H,34,35). The molecule has 0 saturated heterocycles. The summed E-state index contributed by atoms with van der Waals surface area (Å²) in [5, 5.41) is 68.4. The van der Waals surface area contributed by atoms with E-state index in [2.05, 4.69) is 19.1 Å². The maximum absolute atomic E-state index is 12.4. The van der Waals surface area contributed by atoms with E-state index in [4.69, 9.17) is 0 Å². The highest BCUT2D eigenvalue weighted by molar-refractivity contribution is 5.75. The van der Waals surface area contributed by atoms with E-state index in [1.54, 1.807) is 0 Å². The molecule has 0 rings (SSSR count). The monoisotopic (exact) mass is 504 g/mol. The molecule has 0 heterocycles. The number of rotatable bonds is 24. The average Bonchev–Trinajstić information content (AvgIpc) is 2.84. The number of aliphatic carboxylic acids is 1. The summed E-state index contributed by atoms with van der Waals surface area (Å²) in [5.74, 6) is -1.92. The summed E-state index contributed by atoms with van der Waals surface area (Å²) in [5.41, 5.74) is -1.66. The van der Waals surface area contributed by atoms with Gasteiger partial charge in [0, 0.05) is 0 Å². The Morgan fingerprint density at radius 1 is 0.714 bits per heavy atom. The van der Waals surface area contributed by atoms with Crippen LogP contribution in [0.2, 0.25) is 0 Å². The number of carboxylic acids is 1.